The Morgan fingerprint density at radius 2 is 2.29 bits per heavy atom. The number of furan rings is 1. The molecule has 0 spiro atoms. The summed E-state index contributed by atoms with van der Waals surface area (Å²) in [4.78, 5) is 11.5. The predicted octanol–water partition coefficient (Wildman–Crippen LogP) is 2.92. The van der Waals surface area contributed by atoms with Gasteiger partial charge < -0.3 is 19.2 Å². The van der Waals surface area contributed by atoms with Crippen molar-refractivity contribution >= 4 is 5.97 Å². The largest absolute Gasteiger partial charge is 0.463 e. The van der Waals surface area contributed by atoms with E-state index in [0.717, 1.165) is 38.2 Å². The fraction of sp³-hybridized carbons (Fsp3) is 0.688. The summed E-state index contributed by atoms with van der Waals surface area (Å²) in [6, 6.07) is 3.62. The van der Waals surface area contributed by atoms with Gasteiger partial charge in [0.05, 0.1) is 19.3 Å². The lowest BCUT2D eigenvalue weighted by Crippen LogP contribution is -2.33. The Balaban J connectivity index is 2.18. The Morgan fingerprint density at radius 3 is 2.95 bits per heavy atom. The Morgan fingerprint density at radius 1 is 1.48 bits per heavy atom. The molecule has 1 saturated heterocycles. The van der Waals surface area contributed by atoms with Gasteiger partial charge in [-0.2, -0.15) is 0 Å². The van der Waals surface area contributed by atoms with Gasteiger partial charge in [-0.1, -0.05) is 13.8 Å². The van der Waals surface area contributed by atoms with Gasteiger partial charge >= 0.3 is 5.97 Å². The number of nitrogens with one attached hydrogen (secondary N) is 1. The minimum absolute atomic E-state index is 0.0795. The fourth-order valence-corrected chi connectivity index (χ4v) is 2.96. The zero-order valence-corrected chi connectivity index (χ0v) is 13.1. The molecule has 118 valence electrons. The van der Waals surface area contributed by atoms with Gasteiger partial charge in [0, 0.05) is 12.5 Å². The van der Waals surface area contributed by atoms with E-state index in [1.165, 1.54) is 7.11 Å². The Bertz CT molecular complexity index is 457. The lowest BCUT2D eigenvalue weighted by Gasteiger charge is -2.26. The van der Waals surface area contributed by atoms with Crippen molar-refractivity contribution in [3.8, 4) is 0 Å². The number of hydrogen-bond acceptors (Lipinski definition) is 5. The highest BCUT2D eigenvalue weighted by atomic mass is 16.5. The van der Waals surface area contributed by atoms with Crippen LogP contribution in [0.15, 0.2) is 16.5 Å². The maximum atomic E-state index is 11.5. The molecule has 1 aliphatic rings. The van der Waals surface area contributed by atoms with E-state index in [-0.39, 0.29) is 17.9 Å². The van der Waals surface area contributed by atoms with Gasteiger partial charge in [-0.15, -0.1) is 0 Å². The van der Waals surface area contributed by atoms with Gasteiger partial charge in [-0.25, -0.2) is 4.79 Å². The monoisotopic (exact) mass is 295 g/mol. The Kier molecular flexibility index (Phi) is 5.82. The summed E-state index contributed by atoms with van der Waals surface area (Å²) in [6.45, 7) is 5.97. The van der Waals surface area contributed by atoms with E-state index < -0.39 is 5.97 Å². The molecule has 1 aliphatic heterocycles. The first-order valence-corrected chi connectivity index (χ1v) is 7.74. The smallest absolute Gasteiger partial charge is 0.373 e. The maximum absolute atomic E-state index is 11.5. The molecule has 0 aromatic carbocycles. The summed E-state index contributed by atoms with van der Waals surface area (Å²) in [6.07, 6.45) is 3.28. The third-order valence-corrected chi connectivity index (χ3v) is 4.03. The van der Waals surface area contributed by atoms with E-state index in [1.54, 1.807) is 6.07 Å². The van der Waals surface area contributed by atoms with E-state index in [4.69, 9.17) is 13.9 Å². The Hall–Kier alpha value is -1.33. The molecule has 2 rings (SSSR count). The second-order valence-corrected chi connectivity index (χ2v) is 5.40. The molecule has 3 unspecified atom stereocenters. The SMILES string of the molecule is CCCNC(c1ccc(C(=O)OC)o1)C1CCOC1CC. The molecule has 3 atom stereocenters. The number of methoxy groups -OCH3 is 1. The van der Waals surface area contributed by atoms with Gasteiger partial charge in [0.25, 0.3) is 0 Å². The van der Waals surface area contributed by atoms with Crippen LogP contribution < -0.4 is 5.32 Å². The van der Waals surface area contributed by atoms with Crippen LogP contribution in [-0.2, 0) is 9.47 Å². The maximum Gasteiger partial charge on any atom is 0.373 e. The average Bonchev–Trinajstić information content (AvgIpc) is 3.16. The molecule has 1 aromatic heterocycles. The molecule has 0 aliphatic carbocycles. The van der Waals surface area contributed by atoms with Gasteiger partial charge in [-0.3, -0.25) is 0 Å². The van der Waals surface area contributed by atoms with Crippen LogP contribution >= 0.6 is 0 Å². The normalized spacial score (nSPS) is 23.2. The third kappa shape index (κ3) is 3.66. The first-order chi connectivity index (χ1) is 10.2. The van der Waals surface area contributed by atoms with Crippen molar-refractivity contribution in [3.63, 3.8) is 0 Å². The standard InChI is InChI=1S/C16H25NO4/c1-4-9-17-15(11-8-10-20-12(11)5-2)13-6-7-14(21-13)16(18)19-3/h6-7,11-12,15,17H,4-5,8-10H2,1-3H3. The zero-order valence-electron chi connectivity index (χ0n) is 13.1. The summed E-state index contributed by atoms with van der Waals surface area (Å²) >= 11 is 0. The number of carbonyl (C=O) groups is 1. The number of hydrogen-bond donors (Lipinski definition) is 1. The molecular weight excluding hydrogens is 270 g/mol. The van der Waals surface area contributed by atoms with Crippen LogP contribution in [-0.4, -0.2) is 32.3 Å². The number of esters is 1. The van der Waals surface area contributed by atoms with Gasteiger partial charge in [0.1, 0.15) is 5.76 Å². The van der Waals surface area contributed by atoms with Crippen LogP contribution in [0.5, 0.6) is 0 Å². The van der Waals surface area contributed by atoms with Crippen molar-refractivity contribution in [2.45, 2.75) is 45.3 Å². The van der Waals surface area contributed by atoms with Crippen LogP contribution in [0.25, 0.3) is 0 Å². The molecule has 21 heavy (non-hydrogen) atoms. The van der Waals surface area contributed by atoms with E-state index >= 15 is 0 Å². The van der Waals surface area contributed by atoms with Crippen molar-refractivity contribution in [2.75, 3.05) is 20.3 Å². The minimum Gasteiger partial charge on any atom is -0.463 e. The van der Waals surface area contributed by atoms with E-state index in [2.05, 4.69) is 19.2 Å². The van der Waals surface area contributed by atoms with Crippen LogP contribution in [0.1, 0.15) is 55.5 Å². The average molecular weight is 295 g/mol. The highest BCUT2D eigenvalue weighted by Crippen LogP contribution is 2.35. The quantitative estimate of drug-likeness (QED) is 0.784. The molecular formula is C16H25NO4. The topological polar surface area (TPSA) is 60.7 Å². The summed E-state index contributed by atoms with van der Waals surface area (Å²) < 4.78 is 16.2. The minimum atomic E-state index is -0.440. The predicted molar refractivity (Wildman–Crippen MR) is 79.2 cm³/mol. The van der Waals surface area contributed by atoms with Crippen LogP contribution in [0, 0.1) is 5.92 Å². The van der Waals surface area contributed by atoms with Crippen LogP contribution in [0.4, 0.5) is 0 Å². The van der Waals surface area contributed by atoms with Gasteiger partial charge in [0.2, 0.25) is 5.76 Å². The van der Waals surface area contributed by atoms with Crippen molar-refractivity contribution in [1.29, 1.82) is 0 Å². The van der Waals surface area contributed by atoms with Crippen molar-refractivity contribution in [3.05, 3.63) is 23.7 Å². The molecule has 2 heterocycles. The summed E-state index contributed by atoms with van der Waals surface area (Å²) in [7, 11) is 1.36. The molecule has 0 bridgehead atoms. The van der Waals surface area contributed by atoms with E-state index in [1.807, 2.05) is 6.07 Å². The zero-order chi connectivity index (χ0) is 15.2. The van der Waals surface area contributed by atoms with Crippen molar-refractivity contribution < 1.29 is 18.7 Å². The molecule has 0 amide bonds. The van der Waals surface area contributed by atoms with Crippen LogP contribution in [0.2, 0.25) is 0 Å². The van der Waals surface area contributed by atoms with Gasteiger partial charge in [-0.05, 0) is 37.9 Å². The molecule has 5 heteroatoms. The number of rotatable bonds is 7. The van der Waals surface area contributed by atoms with E-state index in [9.17, 15) is 4.79 Å². The highest BCUT2D eigenvalue weighted by Gasteiger charge is 2.36. The first-order valence-electron chi connectivity index (χ1n) is 7.74. The number of carbonyl (C=O) groups excluding carboxylic acids is 1. The first kappa shape index (κ1) is 16.0. The van der Waals surface area contributed by atoms with Crippen molar-refractivity contribution in [1.82, 2.24) is 5.32 Å². The number of ether oxygens (including phenoxy) is 2. The molecule has 0 radical (unpaired) electrons. The lowest BCUT2D eigenvalue weighted by molar-refractivity contribution is 0.0555. The second-order valence-electron chi connectivity index (χ2n) is 5.40. The molecule has 1 fully saturated rings. The summed E-state index contributed by atoms with van der Waals surface area (Å²) in [5.41, 5.74) is 0. The second kappa shape index (κ2) is 7.61. The molecule has 1 N–H and O–H groups in total. The molecule has 5 nitrogen and oxygen atoms in total. The summed E-state index contributed by atoms with van der Waals surface area (Å²) in [5.74, 6) is 0.976. The highest BCUT2D eigenvalue weighted by molar-refractivity contribution is 5.86. The van der Waals surface area contributed by atoms with Gasteiger partial charge in [0.15, 0.2) is 0 Å². The van der Waals surface area contributed by atoms with Crippen LogP contribution in [0.3, 0.4) is 0 Å². The Labute approximate surface area is 126 Å². The third-order valence-electron chi connectivity index (χ3n) is 4.03. The molecule has 1 aromatic rings. The summed E-state index contributed by atoms with van der Waals surface area (Å²) in [5, 5.41) is 3.54. The van der Waals surface area contributed by atoms with Crippen molar-refractivity contribution in [2.24, 2.45) is 5.92 Å². The fourth-order valence-electron chi connectivity index (χ4n) is 2.96. The lowest BCUT2D eigenvalue weighted by atomic mass is 9.89. The molecule has 0 saturated carbocycles. The van der Waals surface area contributed by atoms with E-state index in [0.29, 0.717) is 5.92 Å².